The van der Waals surface area contributed by atoms with Gasteiger partial charge in [0.15, 0.2) is 0 Å². The molecule has 1 unspecified atom stereocenters. The van der Waals surface area contributed by atoms with Gasteiger partial charge in [-0.3, -0.25) is 0 Å². The van der Waals surface area contributed by atoms with E-state index < -0.39 is 6.10 Å². The van der Waals surface area contributed by atoms with Gasteiger partial charge < -0.3 is 5.11 Å². The van der Waals surface area contributed by atoms with Crippen molar-refractivity contribution in [3.8, 4) is 0 Å². The number of hydrogen-bond donors (Lipinski definition) is 1. The molecule has 1 nitrogen and oxygen atoms in total. The van der Waals surface area contributed by atoms with E-state index in [-0.39, 0.29) is 5.82 Å². The molecule has 1 N–H and O–H groups in total. The summed E-state index contributed by atoms with van der Waals surface area (Å²) in [5.41, 5.74) is 0.924. The Morgan fingerprint density at radius 3 is 2.69 bits per heavy atom. The molecule has 0 aliphatic rings. The largest absolute Gasteiger partial charge is 0.388 e. The first-order valence-electron chi connectivity index (χ1n) is 4.20. The highest BCUT2D eigenvalue weighted by Crippen LogP contribution is 2.29. The molecule has 72 valence electrons. The summed E-state index contributed by atoms with van der Waals surface area (Å²) in [7, 11) is 0. The minimum absolute atomic E-state index is 0.316. The molecule has 0 bridgehead atoms. The smallest absolute Gasteiger partial charge is 0.133 e. The molecule has 0 aliphatic heterocycles. The average Bonchev–Trinajstić information content (AvgIpc) is 2.12. The summed E-state index contributed by atoms with van der Waals surface area (Å²) in [6.07, 6.45) is -0.215. The van der Waals surface area contributed by atoms with E-state index in [1.165, 1.54) is 0 Å². The van der Waals surface area contributed by atoms with Gasteiger partial charge in [0.25, 0.3) is 0 Å². The van der Waals surface area contributed by atoms with Crippen molar-refractivity contribution in [3.63, 3.8) is 0 Å². The van der Waals surface area contributed by atoms with Crippen LogP contribution in [0, 0.1) is 12.7 Å². The lowest BCUT2D eigenvalue weighted by molar-refractivity contribution is 0.168. The summed E-state index contributed by atoms with van der Waals surface area (Å²) in [5, 5.41) is 9.55. The van der Waals surface area contributed by atoms with Crippen molar-refractivity contribution in [1.82, 2.24) is 0 Å². The van der Waals surface area contributed by atoms with Gasteiger partial charge in [-0.05, 0) is 25.0 Å². The topological polar surface area (TPSA) is 20.2 Å². The molecule has 13 heavy (non-hydrogen) atoms. The molecule has 1 aromatic carbocycles. The molecule has 0 spiro atoms. The van der Waals surface area contributed by atoms with Crippen LogP contribution in [0.2, 0.25) is 0 Å². The fraction of sp³-hybridized carbons (Fsp3) is 0.400. The monoisotopic (exact) mass is 246 g/mol. The van der Waals surface area contributed by atoms with Gasteiger partial charge in [-0.2, -0.15) is 0 Å². The van der Waals surface area contributed by atoms with Crippen molar-refractivity contribution in [2.45, 2.75) is 26.4 Å². The van der Waals surface area contributed by atoms with Crippen LogP contribution in [-0.4, -0.2) is 5.11 Å². The lowest BCUT2D eigenvalue weighted by Crippen LogP contribution is -2.02. The van der Waals surface area contributed by atoms with E-state index in [1.807, 2.05) is 6.92 Å². The molecule has 0 radical (unpaired) electrons. The Labute approximate surface area is 85.7 Å². The molecule has 0 saturated carbocycles. The Hall–Kier alpha value is -0.410. The number of rotatable bonds is 2. The minimum atomic E-state index is -0.728. The van der Waals surface area contributed by atoms with Crippen LogP contribution in [0.1, 0.15) is 30.6 Å². The number of halogens is 2. The van der Waals surface area contributed by atoms with Gasteiger partial charge >= 0.3 is 0 Å². The summed E-state index contributed by atoms with van der Waals surface area (Å²) >= 11 is 3.22. The zero-order chi connectivity index (χ0) is 10.0. The second-order valence-electron chi connectivity index (χ2n) is 3.02. The van der Waals surface area contributed by atoms with E-state index in [4.69, 9.17) is 0 Å². The molecular weight excluding hydrogens is 235 g/mol. The van der Waals surface area contributed by atoms with Crippen LogP contribution >= 0.6 is 15.9 Å². The third-order valence-electron chi connectivity index (χ3n) is 2.04. The lowest BCUT2D eigenvalue weighted by atomic mass is 10.0. The third-order valence-corrected chi connectivity index (χ3v) is 2.73. The first kappa shape index (κ1) is 10.7. The first-order valence-corrected chi connectivity index (χ1v) is 4.99. The second-order valence-corrected chi connectivity index (χ2v) is 3.87. The molecule has 3 heteroatoms. The van der Waals surface area contributed by atoms with Crippen LogP contribution < -0.4 is 0 Å². The van der Waals surface area contributed by atoms with E-state index in [1.54, 1.807) is 19.1 Å². The predicted octanol–water partition coefficient (Wildman–Crippen LogP) is 3.34. The van der Waals surface area contributed by atoms with Crippen molar-refractivity contribution in [1.29, 1.82) is 0 Å². The zero-order valence-electron chi connectivity index (χ0n) is 7.64. The summed E-state index contributed by atoms with van der Waals surface area (Å²) in [6.45, 7) is 3.51. The van der Waals surface area contributed by atoms with Crippen LogP contribution in [0.3, 0.4) is 0 Å². The SMILES string of the molecule is CCC(O)c1c(Br)ccc(C)c1F. The van der Waals surface area contributed by atoms with Crippen molar-refractivity contribution in [3.05, 3.63) is 33.5 Å². The van der Waals surface area contributed by atoms with Gasteiger partial charge in [0.1, 0.15) is 5.82 Å². The van der Waals surface area contributed by atoms with Gasteiger partial charge in [-0.25, -0.2) is 4.39 Å². The first-order chi connectivity index (χ1) is 6.07. The van der Waals surface area contributed by atoms with E-state index in [0.717, 1.165) is 0 Å². The standard InChI is InChI=1S/C10H12BrFO/c1-3-8(13)9-7(11)5-4-6(2)10(9)12/h4-5,8,13H,3H2,1-2H3. The molecule has 0 saturated heterocycles. The third kappa shape index (κ3) is 2.09. The van der Waals surface area contributed by atoms with E-state index in [2.05, 4.69) is 15.9 Å². The molecule has 0 heterocycles. The quantitative estimate of drug-likeness (QED) is 0.849. The van der Waals surface area contributed by atoms with Crippen molar-refractivity contribution < 1.29 is 9.50 Å². The number of benzene rings is 1. The molecule has 0 aliphatic carbocycles. The van der Waals surface area contributed by atoms with Crippen molar-refractivity contribution in [2.75, 3.05) is 0 Å². The summed E-state index contributed by atoms with van der Waals surface area (Å²) in [4.78, 5) is 0. The van der Waals surface area contributed by atoms with Gasteiger partial charge in [0, 0.05) is 10.0 Å². The second kappa shape index (κ2) is 4.20. The number of hydrogen-bond acceptors (Lipinski definition) is 1. The van der Waals surface area contributed by atoms with Crippen LogP contribution in [-0.2, 0) is 0 Å². The van der Waals surface area contributed by atoms with Crippen molar-refractivity contribution >= 4 is 15.9 Å². The highest BCUT2D eigenvalue weighted by atomic mass is 79.9. The molecule has 1 rings (SSSR count). The van der Waals surface area contributed by atoms with E-state index >= 15 is 0 Å². The average molecular weight is 247 g/mol. The van der Waals surface area contributed by atoms with Crippen LogP contribution in [0.15, 0.2) is 16.6 Å². The van der Waals surface area contributed by atoms with Crippen molar-refractivity contribution in [2.24, 2.45) is 0 Å². The van der Waals surface area contributed by atoms with Crippen LogP contribution in [0.25, 0.3) is 0 Å². The maximum absolute atomic E-state index is 13.5. The molecule has 0 fully saturated rings. The van der Waals surface area contributed by atoms with Gasteiger partial charge in [0.2, 0.25) is 0 Å². The zero-order valence-corrected chi connectivity index (χ0v) is 9.23. The number of aliphatic hydroxyl groups excluding tert-OH is 1. The molecule has 1 aromatic rings. The highest BCUT2D eigenvalue weighted by Gasteiger charge is 2.15. The fourth-order valence-corrected chi connectivity index (χ4v) is 1.76. The minimum Gasteiger partial charge on any atom is -0.388 e. The predicted molar refractivity (Wildman–Crippen MR) is 54.1 cm³/mol. The molecule has 0 aromatic heterocycles. The number of aliphatic hydroxyl groups is 1. The molecule has 0 amide bonds. The summed E-state index contributed by atoms with van der Waals surface area (Å²) in [6, 6.07) is 3.44. The Kier molecular flexibility index (Phi) is 3.45. The molecular formula is C10H12BrFO. The summed E-state index contributed by atoms with van der Waals surface area (Å²) in [5.74, 6) is -0.316. The van der Waals surface area contributed by atoms with Crippen LogP contribution in [0.4, 0.5) is 4.39 Å². The van der Waals surface area contributed by atoms with E-state index in [9.17, 15) is 9.50 Å². The van der Waals surface area contributed by atoms with E-state index in [0.29, 0.717) is 22.0 Å². The lowest BCUT2D eigenvalue weighted by Gasteiger charge is -2.12. The Bertz CT molecular complexity index is 312. The Morgan fingerprint density at radius 1 is 1.54 bits per heavy atom. The Balaban J connectivity index is 3.25. The summed E-state index contributed by atoms with van der Waals surface area (Å²) < 4.78 is 14.1. The maximum Gasteiger partial charge on any atom is 0.133 e. The molecule has 1 atom stereocenters. The van der Waals surface area contributed by atoms with Gasteiger partial charge in [-0.1, -0.05) is 28.9 Å². The fourth-order valence-electron chi connectivity index (χ4n) is 1.19. The maximum atomic E-state index is 13.5. The number of aryl methyl sites for hydroxylation is 1. The van der Waals surface area contributed by atoms with Crippen LogP contribution in [0.5, 0.6) is 0 Å². The Morgan fingerprint density at radius 2 is 2.15 bits per heavy atom. The van der Waals surface area contributed by atoms with Gasteiger partial charge in [-0.15, -0.1) is 0 Å². The normalized spacial score (nSPS) is 13.0. The highest BCUT2D eigenvalue weighted by molar-refractivity contribution is 9.10. The van der Waals surface area contributed by atoms with Gasteiger partial charge in [0.05, 0.1) is 6.10 Å².